The third-order valence-corrected chi connectivity index (χ3v) is 7.37. The Bertz CT molecular complexity index is 1910. The number of aromatic nitrogens is 6. The number of benzene rings is 2. The molecule has 5 aromatic heterocycles. The third-order valence-electron chi connectivity index (χ3n) is 6.68. The molecule has 0 aliphatic heterocycles. The van der Waals surface area contributed by atoms with Gasteiger partial charge in [-0.3, -0.25) is 15.1 Å². The fraction of sp³-hybridized carbons (Fsp3) is 0.0667. The summed E-state index contributed by atoms with van der Waals surface area (Å²) in [6.07, 6.45) is 5.01. The Labute approximate surface area is 226 Å². The number of halogens is 1. The minimum atomic E-state index is -0.467. The molecule has 0 spiro atoms. The number of rotatable bonds is 7. The highest BCUT2D eigenvalue weighted by Gasteiger charge is 2.21. The van der Waals surface area contributed by atoms with Crippen molar-refractivity contribution in [3.63, 3.8) is 0 Å². The SMILES string of the molecule is Fc1c(-c2cncc(CNCc3ccccc3)c2)ncc2[nH]nc(-c3nc4c(-c5ccsc5)cccc4[nH]3)c12. The Kier molecular flexibility index (Phi) is 5.92. The van der Waals surface area contributed by atoms with E-state index in [0.29, 0.717) is 34.5 Å². The van der Waals surface area contributed by atoms with Crippen molar-refractivity contribution in [1.29, 1.82) is 0 Å². The van der Waals surface area contributed by atoms with Gasteiger partial charge in [-0.1, -0.05) is 42.5 Å². The zero-order chi connectivity index (χ0) is 26.2. The van der Waals surface area contributed by atoms with Crippen LogP contribution in [-0.4, -0.2) is 30.1 Å². The molecule has 7 nitrogen and oxygen atoms in total. The molecule has 0 radical (unpaired) electrons. The molecule has 0 amide bonds. The first-order valence-electron chi connectivity index (χ1n) is 12.5. The van der Waals surface area contributed by atoms with E-state index in [1.807, 2.05) is 47.8 Å². The maximum Gasteiger partial charge on any atom is 0.161 e. The highest BCUT2D eigenvalue weighted by atomic mass is 32.1. The molecule has 3 N–H and O–H groups in total. The lowest BCUT2D eigenvalue weighted by molar-refractivity contribution is 0.638. The zero-order valence-electron chi connectivity index (χ0n) is 20.6. The van der Waals surface area contributed by atoms with Gasteiger partial charge in [0.15, 0.2) is 11.6 Å². The second-order valence-corrected chi connectivity index (χ2v) is 10.0. The van der Waals surface area contributed by atoms with Gasteiger partial charge in [0.2, 0.25) is 0 Å². The number of thiophene rings is 1. The van der Waals surface area contributed by atoms with Crippen LogP contribution < -0.4 is 5.32 Å². The van der Waals surface area contributed by atoms with Gasteiger partial charge >= 0.3 is 0 Å². The fourth-order valence-electron chi connectivity index (χ4n) is 4.80. The first kappa shape index (κ1) is 23.4. The number of nitrogens with zero attached hydrogens (tertiary/aromatic N) is 4. The predicted molar refractivity (Wildman–Crippen MR) is 152 cm³/mol. The second-order valence-electron chi connectivity index (χ2n) is 9.25. The van der Waals surface area contributed by atoms with Crippen molar-refractivity contribution >= 4 is 33.3 Å². The average Bonchev–Trinajstić information content (AvgIpc) is 3.74. The molecule has 0 atom stereocenters. The molecule has 0 aliphatic rings. The van der Waals surface area contributed by atoms with Crippen LogP contribution >= 0.6 is 11.3 Å². The highest BCUT2D eigenvalue weighted by molar-refractivity contribution is 7.08. The van der Waals surface area contributed by atoms with E-state index in [-0.39, 0.29) is 5.69 Å². The quantitative estimate of drug-likeness (QED) is 0.212. The Morgan fingerprint density at radius 2 is 1.74 bits per heavy atom. The molecule has 0 aliphatic carbocycles. The summed E-state index contributed by atoms with van der Waals surface area (Å²) < 4.78 is 16.1. The second kappa shape index (κ2) is 9.86. The van der Waals surface area contributed by atoms with E-state index < -0.39 is 5.82 Å². The number of para-hydroxylation sites is 1. The maximum absolute atomic E-state index is 16.1. The van der Waals surface area contributed by atoms with Crippen LogP contribution in [0.15, 0.2) is 90.0 Å². The zero-order valence-corrected chi connectivity index (χ0v) is 21.5. The van der Waals surface area contributed by atoms with Gasteiger partial charge in [-0.05, 0) is 45.6 Å². The van der Waals surface area contributed by atoms with Crippen LogP contribution in [0.5, 0.6) is 0 Å². The Morgan fingerprint density at radius 1 is 0.846 bits per heavy atom. The normalized spacial score (nSPS) is 11.5. The van der Waals surface area contributed by atoms with E-state index >= 15 is 4.39 Å². The molecule has 190 valence electrons. The monoisotopic (exact) mass is 531 g/mol. The van der Waals surface area contributed by atoms with Crippen molar-refractivity contribution in [2.45, 2.75) is 13.1 Å². The summed E-state index contributed by atoms with van der Waals surface area (Å²) in [4.78, 5) is 16.9. The standard InChI is InChI=1S/C30H22FN7S/c31-26-25-24(16-34-27(26)21-11-19(14-33-15-21)13-32-12-18-5-2-1-3-6-18)37-38-29(25)30-35-23-8-4-7-22(28(23)36-30)20-9-10-39-17-20/h1-11,14-17,32H,12-13H2,(H,35,36)(H,37,38). The van der Waals surface area contributed by atoms with E-state index in [9.17, 15) is 0 Å². The molecule has 0 unspecified atom stereocenters. The maximum atomic E-state index is 16.1. The van der Waals surface area contributed by atoms with Crippen molar-refractivity contribution in [3.05, 3.63) is 107 Å². The molecule has 0 saturated heterocycles. The summed E-state index contributed by atoms with van der Waals surface area (Å²) in [5.41, 5.74) is 7.65. The number of H-pyrrole nitrogens is 2. The van der Waals surface area contributed by atoms with Gasteiger partial charge in [-0.15, -0.1) is 0 Å². The third kappa shape index (κ3) is 4.37. The molecule has 7 rings (SSSR count). The number of imidazole rings is 1. The fourth-order valence-corrected chi connectivity index (χ4v) is 5.46. The molecule has 0 saturated carbocycles. The number of aromatic amines is 2. The Balaban J connectivity index is 1.23. The van der Waals surface area contributed by atoms with Gasteiger partial charge in [0.1, 0.15) is 11.4 Å². The number of pyridine rings is 2. The van der Waals surface area contributed by atoms with Crippen molar-refractivity contribution in [1.82, 2.24) is 35.5 Å². The topological polar surface area (TPSA) is 95.2 Å². The van der Waals surface area contributed by atoms with Gasteiger partial charge < -0.3 is 10.3 Å². The van der Waals surface area contributed by atoms with E-state index in [1.165, 1.54) is 5.56 Å². The number of fused-ring (bicyclic) bond motifs is 2. The summed E-state index contributed by atoms with van der Waals surface area (Å²) in [5.74, 6) is 0.0259. The van der Waals surface area contributed by atoms with E-state index in [4.69, 9.17) is 4.98 Å². The van der Waals surface area contributed by atoms with Crippen molar-refractivity contribution in [3.8, 4) is 33.9 Å². The minimum Gasteiger partial charge on any atom is -0.337 e. The summed E-state index contributed by atoms with van der Waals surface area (Å²) in [7, 11) is 0. The van der Waals surface area contributed by atoms with Crippen LogP contribution in [0.2, 0.25) is 0 Å². The molecule has 0 bridgehead atoms. The minimum absolute atomic E-state index is 0.220. The van der Waals surface area contributed by atoms with Gasteiger partial charge in [-0.25, -0.2) is 9.37 Å². The van der Waals surface area contributed by atoms with Gasteiger partial charge in [-0.2, -0.15) is 16.4 Å². The van der Waals surface area contributed by atoms with Crippen LogP contribution in [-0.2, 0) is 13.1 Å². The number of nitrogens with one attached hydrogen (secondary N) is 3. The van der Waals surface area contributed by atoms with Crippen LogP contribution in [0.4, 0.5) is 4.39 Å². The van der Waals surface area contributed by atoms with Crippen molar-refractivity contribution < 1.29 is 4.39 Å². The van der Waals surface area contributed by atoms with Gasteiger partial charge in [0.25, 0.3) is 0 Å². The molecular weight excluding hydrogens is 509 g/mol. The summed E-state index contributed by atoms with van der Waals surface area (Å²) in [6, 6.07) is 20.1. The lowest BCUT2D eigenvalue weighted by atomic mass is 10.1. The van der Waals surface area contributed by atoms with Crippen LogP contribution in [0.25, 0.3) is 55.8 Å². The summed E-state index contributed by atoms with van der Waals surface area (Å²) in [6.45, 7) is 1.33. The average molecular weight is 532 g/mol. The summed E-state index contributed by atoms with van der Waals surface area (Å²) >= 11 is 1.63. The Hall–Kier alpha value is -4.73. The number of hydrogen-bond donors (Lipinski definition) is 3. The van der Waals surface area contributed by atoms with Gasteiger partial charge in [0, 0.05) is 36.6 Å². The molecule has 7 aromatic rings. The van der Waals surface area contributed by atoms with Crippen LogP contribution in [0.1, 0.15) is 11.1 Å². The van der Waals surface area contributed by atoms with Crippen molar-refractivity contribution in [2.24, 2.45) is 0 Å². The molecule has 9 heteroatoms. The van der Waals surface area contributed by atoms with Crippen LogP contribution in [0, 0.1) is 5.82 Å². The van der Waals surface area contributed by atoms with E-state index in [2.05, 4.69) is 54.0 Å². The highest BCUT2D eigenvalue weighted by Crippen LogP contribution is 2.35. The van der Waals surface area contributed by atoms with E-state index in [1.54, 1.807) is 29.9 Å². The van der Waals surface area contributed by atoms with Crippen molar-refractivity contribution in [2.75, 3.05) is 0 Å². The Morgan fingerprint density at radius 3 is 2.62 bits per heavy atom. The predicted octanol–water partition coefficient (Wildman–Crippen LogP) is 6.72. The van der Waals surface area contributed by atoms with Crippen LogP contribution in [0.3, 0.4) is 0 Å². The summed E-state index contributed by atoms with van der Waals surface area (Å²) in [5, 5.41) is 15.2. The number of hydrogen-bond acceptors (Lipinski definition) is 6. The van der Waals surface area contributed by atoms with E-state index in [0.717, 1.165) is 34.3 Å². The first-order valence-corrected chi connectivity index (χ1v) is 13.4. The molecule has 0 fully saturated rings. The lowest BCUT2D eigenvalue weighted by Crippen LogP contribution is -2.12. The first-order chi connectivity index (χ1) is 19.2. The lowest BCUT2D eigenvalue weighted by Gasteiger charge is -2.08. The van der Waals surface area contributed by atoms with Gasteiger partial charge in [0.05, 0.1) is 28.1 Å². The molecule has 5 heterocycles. The molecule has 39 heavy (non-hydrogen) atoms. The molecule has 2 aromatic carbocycles. The molecular formula is C30H22FN7S. The smallest absolute Gasteiger partial charge is 0.161 e. The largest absolute Gasteiger partial charge is 0.337 e.